The zero-order valence-corrected chi connectivity index (χ0v) is 16.7. The van der Waals surface area contributed by atoms with Crippen molar-refractivity contribution >= 4 is 34.1 Å². The summed E-state index contributed by atoms with van der Waals surface area (Å²) in [4.78, 5) is 24.8. The van der Waals surface area contributed by atoms with Crippen molar-refractivity contribution in [1.82, 2.24) is 15.0 Å². The topological polar surface area (TPSA) is 120 Å². The first-order valence-electron chi connectivity index (χ1n) is 9.18. The van der Waals surface area contributed by atoms with Gasteiger partial charge in [-0.1, -0.05) is 48.0 Å². The smallest absolute Gasteiger partial charge is 0.195 e. The average Bonchev–Trinajstić information content (AvgIpc) is 2.75. The highest BCUT2D eigenvalue weighted by Gasteiger charge is 2.21. The first kappa shape index (κ1) is 19.4. The molecule has 0 radical (unpaired) electrons. The molecular weight excluding hydrogens is 400 g/mol. The summed E-state index contributed by atoms with van der Waals surface area (Å²) in [5.74, 6) is 0.340. The molecular formula is C22H17ClN6O. The Morgan fingerprint density at radius 3 is 2.67 bits per heavy atom. The molecule has 0 bridgehead atoms. The molecule has 0 aliphatic heterocycles. The summed E-state index contributed by atoms with van der Waals surface area (Å²) in [5, 5.41) is 13.5. The predicted octanol–water partition coefficient (Wildman–Crippen LogP) is 4.27. The molecule has 4 rings (SSSR count). The number of nitrogens with zero attached hydrogens (tertiary/aromatic N) is 3. The molecule has 0 saturated carbocycles. The van der Waals surface area contributed by atoms with Gasteiger partial charge in [0.2, 0.25) is 0 Å². The number of hydrogen-bond donors (Lipinski definition) is 3. The molecule has 2 aromatic carbocycles. The van der Waals surface area contributed by atoms with Gasteiger partial charge in [0, 0.05) is 10.9 Å². The van der Waals surface area contributed by atoms with Crippen LogP contribution in [0.25, 0.3) is 22.2 Å². The van der Waals surface area contributed by atoms with Crippen LogP contribution in [0.2, 0.25) is 5.02 Å². The molecule has 2 aromatic heterocycles. The highest BCUT2D eigenvalue weighted by Crippen LogP contribution is 2.31. The molecule has 8 heteroatoms. The number of aromatic amines is 1. The minimum atomic E-state index is -0.492. The molecule has 30 heavy (non-hydrogen) atoms. The van der Waals surface area contributed by atoms with Crippen LogP contribution in [0.15, 0.2) is 59.7 Å². The first-order chi connectivity index (χ1) is 14.5. The average molecular weight is 417 g/mol. The molecule has 0 saturated heterocycles. The number of pyridine rings is 1. The Balaban J connectivity index is 1.94. The molecule has 4 N–H and O–H groups in total. The molecule has 2 heterocycles. The molecule has 0 spiro atoms. The van der Waals surface area contributed by atoms with E-state index in [4.69, 9.17) is 17.3 Å². The normalized spacial score (nSPS) is 11.8. The molecule has 148 valence electrons. The van der Waals surface area contributed by atoms with E-state index in [1.54, 1.807) is 18.2 Å². The maximum Gasteiger partial charge on any atom is 0.195 e. The quantitative estimate of drug-likeness (QED) is 0.457. The van der Waals surface area contributed by atoms with E-state index in [1.165, 1.54) is 6.33 Å². The second-order valence-corrected chi connectivity index (χ2v) is 7.14. The van der Waals surface area contributed by atoms with Gasteiger partial charge in [0.05, 0.1) is 22.3 Å². The van der Waals surface area contributed by atoms with Gasteiger partial charge in [-0.2, -0.15) is 5.26 Å². The van der Waals surface area contributed by atoms with Gasteiger partial charge < -0.3 is 16.0 Å². The molecule has 0 amide bonds. The molecule has 7 nitrogen and oxygen atoms in total. The zero-order chi connectivity index (χ0) is 21.3. The standard InChI is InChI=1S/C22H17ClN6O/c1-12(28-22-15(10-24)21(25)26-11-27-22)17-18(13-6-3-2-4-7-13)29-19-14(20(17)30)8-5-9-16(19)23/h2-9,11-12H,1H3,(H,29,30)(H3,25,26,27,28)/t12-/m1/s1. The Bertz CT molecular complexity index is 1340. The van der Waals surface area contributed by atoms with Crippen molar-refractivity contribution in [3.05, 3.63) is 81.2 Å². The van der Waals surface area contributed by atoms with Crippen molar-refractivity contribution in [3.63, 3.8) is 0 Å². The number of H-pyrrole nitrogens is 1. The maximum atomic E-state index is 13.5. The Labute approximate surface area is 177 Å². The lowest BCUT2D eigenvalue weighted by atomic mass is 9.97. The van der Waals surface area contributed by atoms with Crippen LogP contribution in [0.5, 0.6) is 0 Å². The van der Waals surface area contributed by atoms with Crippen LogP contribution in [-0.2, 0) is 0 Å². The third-order valence-electron chi connectivity index (χ3n) is 4.86. The summed E-state index contributed by atoms with van der Waals surface area (Å²) < 4.78 is 0. The van der Waals surface area contributed by atoms with Gasteiger partial charge in [-0.3, -0.25) is 4.79 Å². The number of para-hydroxylation sites is 1. The van der Waals surface area contributed by atoms with Crippen LogP contribution in [0.1, 0.15) is 24.1 Å². The number of nitriles is 1. The summed E-state index contributed by atoms with van der Waals surface area (Å²) in [6.07, 6.45) is 1.27. The lowest BCUT2D eigenvalue weighted by molar-refractivity contribution is 0.861. The number of anilines is 2. The van der Waals surface area contributed by atoms with E-state index in [0.717, 1.165) is 5.56 Å². The molecule has 4 aromatic rings. The minimum absolute atomic E-state index is 0.0738. The lowest BCUT2D eigenvalue weighted by Crippen LogP contribution is -2.21. The second kappa shape index (κ2) is 7.85. The fraction of sp³-hybridized carbons (Fsp3) is 0.0909. The summed E-state index contributed by atoms with van der Waals surface area (Å²) in [6, 6.07) is 16.2. The van der Waals surface area contributed by atoms with Gasteiger partial charge in [-0.15, -0.1) is 0 Å². The van der Waals surface area contributed by atoms with E-state index < -0.39 is 6.04 Å². The van der Waals surface area contributed by atoms with Gasteiger partial charge in [0.25, 0.3) is 0 Å². The third kappa shape index (κ3) is 3.34. The van der Waals surface area contributed by atoms with Crippen molar-refractivity contribution in [3.8, 4) is 17.3 Å². The van der Waals surface area contributed by atoms with Crippen LogP contribution >= 0.6 is 11.6 Å². The van der Waals surface area contributed by atoms with Crippen LogP contribution in [0.4, 0.5) is 11.6 Å². The van der Waals surface area contributed by atoms with Gasteiger partial charge in [0.1, 0.15) is 29.6 Å². The molecule has 0 unspecified atom stereocenters. The van der Waals surface area contributed by atoms with E-state index in [0.29, 0.717) is 27.2 Å². The Hall–Kier alpha value is -3.89. The number of nitrogens with two attached hydrogens (primary N) is 1. The number of fused-ring (bicyclic) bond motifs is 1. The Morgan fingerprint density at radius 1 is 1.17 bits per heavy atom. The number of nitrogens with one attached hydrogen (secondary N) is 2. The molecule has 0 aliphatic carbocycles. The first-order valence-corrected chi connectivity index (χ1v) is 9.56. The lowest BCUT2D eigenvalue weighted by Gasteiger charge is -2.20. The van der Waals surface area contributed by atoms with E-state index in [2.05, 4.69) is 20.3 Å². The number of benzene rings is 2. The zero-order valence-electron chi connectivity index (χ0n) is 16.0. The van der Waals surface area contributed by atoms with Crippen LogP contribution in [0, 0.1) is 11.3 Å². The molecule has 0 fully saturated rings. The largest absolute Gasteiger partial charge is 0.382 e. The van der Waals surface area contributed by atoms with Crippen LogP contribution in [-0.4, -0.2) is 15.0 Å². The van der Waals surface area contributed by atoms with E-state index >= 15 is 0 Å². The van der Waals surface area contributed by atoms with E-state index in [1.807, 2.05) is 43.3 Å². The van der Waals surface area contributed by atoms with Crippen molar-refractivity contribution in [2.45, 2.75) is 13.0 Å². The maximum absolute atomic E-state index is 13.5. The second-order valence-electron chi connectivity index (χ2n) is 6.73. The third-order valence-corrected chi connectivity index (χ3v) is 5.17. The Kier molecular flexibility index (Phi) is 5.09. The highest BCUT2D eigenvalue weighted by molar-refractivity contribution is 6.35. The predicted molar refractivity (Wildman–Crippen MR) is 118 cm³/mol. The van der Waals surface area contributed by atoms with Gasteiger partial charge >= 0.3 is 0 Å². The Morgan fingerprint density at radius 2 is 1.93 bits per heavy atom. The van der Waals surface area contributed by atoms with Crippen molar-refractivity contribution in [2.24, 2.45) is 0 Å². The number of nitrogen functional groups attached to an aromatic ring is 1. The summed E-state index contributed by atoms with van der Waals surface area (Å²) in [7, 11) is 0. The van der Waals surface area contributed by atoms with Crippen LogP contribution < -0.4 is 16.5 Å². The van der Waals surface area contributed by atoms with Crippen molar-refractivity contribution in [2.75, 3.05) is 11.1 Å². The minimum Gasteiger partial charge on any atom is -0.382 e. The summed E-state index contributed by atoms with van der Waals surface area (Å²) in [6.45, 7) is 1.83. The molecule has 0 aliphatic rings. The van der Waals surface area contributed by atoms with Gasteiger partial charge in [-0.25, -0.2) is 9.97 Å². The monoisotopic (exact) mass is 416 g/mol. The number of hydrogen-bond acceptors (Lipinski definition) is 6. The fourth-order valence-electron chi connectivity index (χ4n) is 3.43. The van der Waals surface area contributed by atoms with Gasteiger partial charge in [-0.05, 0) is 24.6 Å². The SMILES string of the molecule is C[C@@H](Nc1ncnc(N)c1C#N)c1c(-c2ccccc2)[nH]c2c(Cl)cccc2c1=O. The van der Waals surface area contributed by atoms with Gasteiger partial charge in [0.15, 0.2) is 5.43 Å². The van der Waals surface area contributed by atoms with E-state index in [9.17, 15) is 10.1 Å². The number of aromatic nitrogens is 3. The molecule has 1 atom stereocenters. The fourth-order valence-corrected chi connectivity index (χ4v) is 3.65. The summed E-state index contributed by atoms with van der Waals surface area (Å²) in [5.41, 5.74) is 8.31. The highest BCUT2D eigenvalue weighted by atomic mass is 35.5. The van der Waals surface area contributed by atoms with Crippen LogP contribution in [0.3, 0.4) is 0 Å². The number of halogens is 1. The number of rotatable bonds is 4. The van der Waals surface area contributed by atoms with Crippen molar-refractivity contribution < 1.29 is 0 Å². The van der Waals surface area contributed by atoms with Crippen molar-refractivity contribution in [1.29, 1.82) is 5.26 Å². The van der Waals surface area contributed by atoms with E-state index in [-0.39, 0.29) is 22.6 Å². The summed E-state index contributed by atoms with van der Waals surface area (Å²) >= 11 is 6.35.